The molecule has 0 aliphatic carbocycles. The topological polar surface area (TPSA) is 91.7 Å². The molecule has 0 spiro atoms. The lowest BCUT2D eigenvalue weighted by Gasteiger charge is -2.23. The Morgan fingerprint density at radius 2 is 2.12 bits per heavy atom. The molecule has 9 heteroatoms. The molecule has 9 nitrogen and oxygen atoms in total. The summed E-state index contributed by atoms with van der Waals surface area (Å²) in [7, 11) is 5.55. The second kappa shape index (κ2) is 10.7. The average Bonchev–Trinajstić information content (AvgIpc) is 3.25. The number of hydrogen-bond donors (Lipinski definition) is 1. The number of carbonyl (C=O) groups is 1. The molecule has 1 amide bonds. The van der Waals surface area contributed by atoms with E-state index in [1.807, 2.05) is 49.0 Å². The van der Waals surface area contributed by atoms with Crippen molar-refractivity contribution in [2.24, 2.45) is 9.98 Å². The smallest absolute Gasteiger partial charge is 0.254 e. The van der Waals surface area contributed by atoms with Gasteiger partial charge in [-0.25, -0.2) is 0 Å². The zero-order valence-corrected chi connectivity index (χ0v) is 19.1. The lowest BCUT2D eigenvalue weighted by Crippen LogP contribution is -2.40. The highest BCUT2D eigenvalue weighted by Gasteiger charge is 2.25. The summed E-state index contributed by atoms with van der Waals surface area (Å²) in [4.78, 5) is 29.5. The Hall–Kier alpha value is -3.46. The van der Waals surface area contributed by atoms with Gasteiger partial charge in [-0.2, -0.15) is 0 Å². The van der Waals surface area contributed by atoms with E-state index in [2.05, 4.69) is 27.0 Å². The number of aromatic nitrogens is 1. The number of nitrogens with one attached hydrogen (secondary N) is 1. The van der Waals surface area contributed by atoms with E-state index in [1.165, 1.54) is 0 Å². The highest BCUT2D eigenvalue weighted by molar-refractivity contribution is 6.05. The molecule has 0 fully saturated rings. The summed E-state index contributed by atoms with van der Waals surface area (Å²) in [5.41, 5.74) is 2.72. The van der Waals surface area contributed by atoms with Crippen molar-refractivity contribution in [2.75, 3.05) is 54.1 Å². The Balaban J connectivity index is 1.76. The molecule has 0 bridgehead atoms. The minimum absolute atomic E-state index is 0.187. The summed E-state index contributed by atoms with van der Waals surface area (Å²) in [5.74, 6) is 1.66. The Labute approximate surface area is 188 Å². The highest BCUT2D eigenvalue weighted by atomic mass is 16.5. The van der Waals surface area contributed by atoms with E-state index in [1.54, 1.807) is 19.4 Å². The molecule has 0 atom stereocenters. The van der Waals surface area contributed by atoms with Crippen LogP contribution in [-0.2, 0) is 0 Å². The molecule has 1 N–H and O–H groups in total. The summed E-state index contributed by atoms with van der Waals surface area (Å²) in [6, 6.07) is 7.33. The Kier molecular flexibility index (Phi) is 7.77. The Bertz CT molecular complexity index is 988. The van der Waals surface area contributed by atoms with Crippen LogP contribution in [0.3, 0.4) is 0 Å². The Morgan fingerprint density at radius 3 is 2.78 bits per heavy atom. The largest absolute Gasteiger partial charge is 0.491 e. The summed E-state index contributed by atoms with van der Waals surface area (Å²) < 4.78 is 11.5. The fourth-order valence-corrected chi connectivity index (χ4v) is 3.30. The Morgan fingerprint density at radius 1 is 1.31 bits per heavy atom. The summed E-state index contributed by atoms with van der Waals surface area (Å²) in [5, 5.41) is 2.94. The van der Waals surface area contributed by atoms with Gasteiger partial charge in [-0.05, 0) is 52.0 Å². The monoisotopic (exact) mass is 438 g/mol. The molecule has 1 aliphatic heterocycles. The van der Waals surface area contributed by atoms with Gasteiger partial charge in [0.1, 0.15) is 18.1 Å². The zero-order valence-electron chi connectivity index (χ0n) is 19.1. The molecule has 2 aromatic rings. The fraction of sp³-hybridized carbons (Fsp3) is 0.391. The summed E-state index contributed by atoms with van der Waals surface area (Å²) >= 11 is 0. The SMILES string of the molecule is C=Nc1c(C2=NCCN2CNC(=O)c2ccc(C)nc2)ccc(OCCN(C)C)c1OC. The van der Waals surface area contributed by atoms with Gasteiger partial charge >= 0.3 is 0 Å². The quantitative estimate of drug-likeness (QED) is 0.572. The van der Waals surface area contributed by atoms with Crippen molar-refractivity contribution >= 4 is 24.1 Å². The van der Waals surface area contributed by atoms with Gasteiger partial charge in [-0.3, -0.25) is 19.8 Å². The molecule has 3 rings (SSSR count). The predicted molar refractivity (Wildman–Crippen MR) is 126 cm³/mol. The number of amides is 1. The third kappa shape index (κ3) is 5.42. The number of methoxy groups -OCH3 is 1. The number of pyridine rings is 1. The number of aryl methyl sites for hydroxylation is 1. The van der Waals surface area contributed by atoms with Crippen LogP contribution in [0.25, 0.3) is 0 Å². The highest BCUT2D eigenvalue weighted by Crippen LogP contribution is 2.40. The molecular formula is C23H30N6O3. The van der Waals surface area contributed by atoms with Crippen molar-refractivity contribution in [1.82, 2.24) is 20.1 Å². The third-order valence-corrected chi connectivity index (χ3v) is 5.03. The van der Waals surface area contributed by atoms with Gasteiger partial charge < -0.3 is 24.6 Å². The maximum atomic E-state index is 12.5. The van der Waals surface area contributed by atoms with Crippen molar-refractivity contribution in [3.8, 4) is 11.5 Å². The molecule has 170 valence electrons. The third-order valence-electron chi connectivity index (χ3n) is 5.03. The van der Waals surface area contributed by atoms with E-state index in [-0.39, 0.29) is 5.91 Å². The standard InChI is InChI=1S/C23H30N6O3/c1-16-6-7-17(14-26-16)23(30)27-15-29-11-10-25-22(29)18-8-9-19(32-13-12-28(3)4)21(31-5)20(18)24-2/h6-9,14H,2,10-13,15H2,1,3-5H3,(H,27,30). The number of carbonyl (C=O) groups excluding carboxylic acids is 1. The molecule has 32 heavy (non-hydrogen) atoms. The molecular weight excluding hydrogens is 408 g/mol. The molecule has 2 heterocycles. The van der Waals surface area contributed by atoms with Crippen LogP contribution in [0.15, 0.2) is 40.4 Å². The zero-order chi connectivity index (χ0) is 23.1. The number of ether oxygens (including phenoxy) is 2. The molecule has 1 aromatic heterocycles. The second-order valence-electron chi connectivity index (χ2n) is 7.62. The molecule has 0 saturated carbocycles. The minimum atomic E-state index is -0.187. The molecule has 0 saturated heterocycles. The number of hydrogen-bond acceptors (Lipinski definition) is 8. The number of nitrogens with zero attached hydrogens (tertiary/aromatic N) is 5. The van der Waals surface area contributed by atoms with Gasteiger partial charge in [0.25, 0.3) is 5.91 Å². The fourth-order valence-electron chi connectivity index (χ4n) is 3.30. The minimum Gasteiger partial charge on any atom is -0.491 e. The average molecular weight is 439 g/mol. The van der Waals surface area contributed by atoms with Crippen molar-refractivity contribution in [1.29, 1.82) is 0 Å². The van der Waals surface area contributed by atoms with Crippen LogP contribution in [0.1, 0.15) is 21.6 Å². The van der Waals surface area contributed by atoms with Crippen LogP contribution in [-0.4, -0.2) is 87.4 Å². The van der Waals surface area contributed by atoms with Gasteiger partial charge in [-0.15, -0.1) is 0 Å². The lowest BCUT2D eigenvalue weighted by molar-refractivity contribution is 0.0939. The first-order chi connectivity index (χ1) is 15.4. The van der Waals surface area contributed by atoms with Gasteiger partial charge in [0.05, 0.1) is 25.9 Å². The maximum absolute atomic E-state index is 12.5. The van der Waals surface area contributed by atoms with Crippen LogP contribution in [0.2, 0.25) is 0 Å². The number of aliphatic imine (C=N–C) groups is 2. The lowest BCUT2D eigenvalue weighted by atomic mass is 10.1. The van der Waals surface area contributed by atoms with E-state index >= 15 is 0 Å². The first-order valence-corrected chi connectivity index (χ1v) is 10.4. The van der Waals surface area contributed by atoms with Crippen molar-refractivity contribution < 1.29 is 14.3 Å². The first-order valence-electron chi connectivity index (χ1n) is 10.4. The van der Waals surface area contributed by atoms with Crippen LogP contribution >= 0.6 is 0 Å². The van der Waals surface area contributed by atoms with E-state index < -0.39 is 0 Å². The van der Waals surface area contributed by atoms with Crippen LogP contribution in [0.5, 0.6) is 11.5 Å². The van der Waals surface area contributed by atoms with Gasteiger partial charge in [0, 0.05) is 30.5 Å². The second-order valence-corrected chi connectivity index (χ2v) is 7.62. The normalized spacial score (nSPS) is 13.2. The van der Waals surface area contributed by atoms with E-state index in [0.29, 0.717) is 49.1 Å². The number of benzene rings is 1. The van der Waals surface area contributed by atoms with Crippen molar-refractivity contribution in [2.45, 2.75) is 6.92 Å². The van der Waals surface area contributed by atoms with Gasteiger partial charge in [-0.1, -0.05) is 0 Å². The predicted octanol–water partition coefficient (Wildman–Crippen LogP) is 2.12. The van der Waals surface area contributed by atoms with E-state index in [0.717, 1.165) is 23.6 Å². The van der Waals surface area contributed by atoms with Gasteiger partial charge in [0.15, 0.2) is 11.5 Å². The van der Waals surface area contributed by atoms with E-state index in [4.69, 9.17) is 9.47 Å². The van der Waals surface area contributed by atoms with Crippen molar-refractivity contribution in [3.63, 3.8) is 0 Å². The van der Waals surface area contributed by atoms with Crippen LogP contribution in [0, 0.1) is 6.92 Å². The molecule has 1 aliphatic rings. The van der Waals surface area contributed by atoms with E-state index in [9.17, 15) is 4.79 Å². The number of rotatable bonds is 10. The number of amidine groups is 1. The first kappa shape index (κ1) is 23.2. The molecule has 1 aromatic carbocycles. The maximum Gasteiger partial charge on any atom is 0.254 e. The summed E-state index contributed by atoms with van der Waals surface area (Å²) in [6.45, 7) is 8.52. The molecule has 0 radical (unpaired) electrons. The van der Waals surface area contributed by atoms with Crippen LogP contribution < -0.4 is 14.8 Å². The van der Waals surface area contributed by atoms with Crippen molar-refractivity contribution in [3.05, 3.63) is 47.3 Å². The number of likely N-dealkylation sites (N-methyl/N-ethyl adjacent to an activating group) is 1. The van der Waals surface area contributed by atoms with Crippen LogP contribution in [0.4, 0.5) is 5.69 Å². The summed E-state index contributed by atoms with van der Waals surface area (Å²) in [6.07, 6.45) is 1.57. The molecule has 0 unspecified atom stereocenters. The van der Waals surface area contributed by atoms with Gasteiger partial charge in [0.2, 0.25) is 0 Å².